The van der Waals surface area contributed by atoms with Crippen LogP contribution in [0.1, 0.15) is 47.8 Å². The van der Waals surface area contributed by atoms with Gasteiger partial charge in [-0.25, -0.2) is 0 Å². The van der Waals surface area contributed by atoms with E-state index in [9.17, 15) is 14.4 Å². The third-order valence-electron chi connectivity index (χ3n) is 17.7. The van der Waals surface area contributed by atoms with Gasteiger partial charge in [0.25, 0.3) is 17.7 Å². The van der Waals surface area contributed by atoms with Crippen LogP contribution in [0.4, 0.5) is 17.1 Å². The highest BCUT2D eigenvalue weighted by Gasteiger charge is 2.28. The third kappa shape index (κ3) is 16.5. The molecule has 3 aliphatic rings. The van der Waals surface area contributed by atoms with Crippen LogP contribution >= 0.6 is 0 Å². The number of amides is 6. The molecule has 0 aliphatic carbocycles. The van der Waals surface area contributed by atoms with Crippen LogP contribution in [0.25, 0.3) is 66.8 Å². The summed E-state index contributed by atoms with van der Waals surface area (Å²) in [7, 11) is 0. The van der Waals surface area contributed by atoms with Gasteiger partial charge in [-0.2, -0.15) is 0 Å². The normalized spacial score (nSPS) is 15.1. The summed E-state index contributed by atoms with van der Waals surface area (Å²) in [6.45, 7) is 12.2. The summed E-state index contributed by atoms with van der Waals surface area (Å²) < 4.78 is 17.3. The highest BCUT2D eigenvalue weighted by atomic mass is 16.5. The second-order valence-corrected chi connectivity index (χ2v) is 25.0. The molecule has 15 heteroatoms. The molecule has 14 rings (SSSR count). The van der Waals surface area contributed by atoms with E-state index in [2.05, 4.69) is 51.6 Å². The highest BCUT2D eigenvalue weighted by molar-refractivity contribution is 6.05. The number of nitrogens with one attached hydrogen (secondary N) is 6. The Morgan fingerprint density at radius 2 is 0.480 bits per heavy atom. The first-order chi connectivity index (χ1) is 49.8. The molecule has 11 aromatic rings. The molecule has 102 heavy (non-hydrogen) atoms. The number of fused-ring (bicyclic) bond motifs is 12. The molecule has 18 bridgehead atoms. The van der Waals surface area contributed by atoms with E-state index in [1.165, 1.54) is 0 Å². The van der Waals surface area contributed by atoms with Gasteiger partial charge >= 0.3 is 0 Å². The van der Waals surface area contributed by atoms with Gasteiger partial charge in [0.05, 0.1) is 0 Å². The number of ether oxygens (including phenoxy) is 3. The molecule has 504 valence electrons. The zero-order valence-corrected chi connectivity index (χ0v) is 55.8. The van der Waals surface area contributed by atoms with Crippen molar-refractivity contribution in [3.63, 3.8) is 0 Å². The fourth-order valence-corrected chi connectivity index (χ4v) is 12.5. The molecule has 11 aromatic carbocycles. The van der Waals surface area contributed by atoms with Gasteiger partial charge in [0, 0.05) is 53.0 Å². The van der Waals surface area contributed by atoms with Gasteiger partial charge in [-0.15, -0.1) is 0 Å². The zero-order valence-electron chi connectivity index (χ0n) is 55.8. The minimum atomic E-state index is -1.09. The molecular weight excluding hydrogens is 1270 g/mol. The van der Waals surface area contributed by atoms with Crippen molar-refractivity contribution >= 4 is 52.5 Å². The Kier molecular flexibility index (Phi) is 20.6. The van der Waals surface area contributed by atoms with Gasteiger partial charge in [-0.1, -0.05) is 147 Å². The molecule has 6 N–H and O–H groups in total. The lowest BCUT2D eigenvalue weighted by atomic mass is 9.91. The van der Waals surface area contributed by atoms with Crippen LogP contribution < -0.4 is 46.1 Å². The Labute approximate surface area is 591 Å². The van der Waals surface area contributed by atoms with Gasteiger partial charge in [-0.05, 0) is 229 Å². The van der Waals surface area contributed by atoms with E-state index in [0.717, 1.165) is 50.1 Å². The van der Waals surface area contributed by atoms with Crippen LogP contribution in [0, 0.1) is 0 Å². The molecule has 0 spiro atoms. The first-order valence-corrected chi connectivity index (χ1v) is 33.5. The average molecular weight is 1350 g/mol. The number of carbonyl (C=O) groups is 6. The largest absolute Gasteiger partial charge is 0.490 e. The molecule has 0 saturated carbocycles. The SMILES string of the molecule is C=CCOc1ccc(C[C@@H]2NC(=O)c3cccc(c3)-c3cc4cc(c3)-c3cccc(c3)C(=O)N[C@@H](Cc3ccc(OCC=C)cc3)C(=O)Nc3cccc(c3)-c3cc(cc(c3)-c3cccc(c3)NC(=O)[C@H](Cc3ccc(OCC=C)cc3)NC(=O)c3cccc-4c3)-c3cccc(c3)NC2=O)cc1. The van der Waals surface area contributed by atoms with Gasteiger partial charge in [0.1, 0.15) is 55.2 Å². The summed E-state index contributed by atoms with van der Waals surface area (Å²) in [4.78, 5) is 90.0. The van der Waals surface area contributed by atoms with Gasteiger partial charge in [0.2, 0.25) is 17.7 Å². The van der Waals surface area contributed by atoms with Crippen LogP contribution in [0.3, 0.4) is 0 Å². The highest BCUT2D eigenvalue weighted by Crippen LogP contribution is 2.38. The predicted octanol–water partition coefficient (Wildman–Crippen LogP) is 15.9. The van der Waals surface area contributed by atoms with Crippen molar-refractivity contribution in [1.82, 2.24) is 16.0 Å². The van der Waals surface area contributed by atoms with Crippen molar-refractivity contribution in [1.29, 1.82) is 0 Å². The number of rotatable bonds is 15. The fourth-order valence-electron chi connectivity index (χ4n) is 12.5. The summed E-state index contributed by atoms with van der Waals surface area (Å²) in [6, 6.07) is 74.3. The molecule has 3 aliphatic heterocycles. The lowest BCUT2D eigenvalue weighted by Gasteiger charge is -2.21. The standard InChI is InChI=1S/C87H72N6O9/c1-4-37-100-76-31-25-55(26-32-76)40-79-85(97)88-73-22-10-16-61(52-73)70-49-71-51-72(50-70)63-18-12-24-75(54-63)90-87(99)81(42-57-29-35-78(36-30-57)102-39-6-3)93-84(96)66-21-9-15-60(45-66)69-47-67(58-13-7-19-64(43-58)82(94)91-79)46-68(48-69)59-14-8-20-65(44-59)83(95)92-80(86(98)89-74-23-11-17-62(71)53-74)41-56-27-33-77(34-28-56)101-38-5-2/h4-36,43-54,79-81H,1-3,37-42H2,(H,88,97)(H,89,98)(H,90,99)(H,91,94)(H,92,95)(H,93,96)/t79-,80-,81-/m0/s1. The molecule has 0 unspecified atom stereocenters. The maximum Gasteiger partial charge on any atom is 0.251 e. The summed E-state index contributed by atoms with van der Waals surface area (Å²) in [5, 5.41) is 18.7. The van der Waals surface area contributed by atoms with Crippen LogP contribution in [0.15, 0.2) is 293 Å². The summed E-state index contributed by atoms with van der Waals surface area (Å²) >= 11 is 0. The quantitative estimate of drug-likeness (QED) is 0.0540. The van der Waals surface area contributed by atoms with Crippen LogP contribution in [-0.2, 0) is 33.6 Å². The first kappa shape index (κ1) is 67.4. The maximum absolute atomic E-state index is 15.0. The smallest absolute Gasteiger partial charge is 0.251 e. The lowest BCUT2D eigenvalue weighted by molar-refractivity contribution is -0.118. The summed E-state index contributed by atoms with van der Waals surface area (Å²) in [5.41, 5.74) is 12.7. The molecule has 0 aromatic heterocycles. The Morgan fingerprint density at radius 1 is 0.265 bits per heavy atom. The van der Waals surface area contributed by atoms with Crippen molar-refractivity contribution in [2.75, 3.05) is 35.8 Å². The second kappa shape index (κ2) is 31.2. The average Bonchev–Trinajstić information content (AvgIpc) is 0.802. The number of hydrogen-bond donors (Lipinski definition) is 6. The van der Waals surface area contributed by atoms with E-state index in [-0.39, 0.29) is 36.0 Å². The van der Waals surface area contributed by atoms with Crippen LogP contribution in [0.2, 0.25) is 0 Å². The predicted molar refractivity (Wildman–Crippen MR) is 403 cm³/mol. The topological polar surface area (TPSA) is 202 Å². The maximum atomic E-state index is 15.0. The molecule has 6 amide bonds. The Hall–Kier alpha value is -13.1. The van der Waals surface area contributed by atoms with E-state index in [1.54, 1.807) is 91.0 Å². The van der Waals surface area contributed by atoms with E-state index < -0.39 is 53.6 Å². The minimum Gasteiger partial charge on any atom is -0.490 e. The van der Waals surface area contributed by atoms with Gasteiger partial charge in [-0.3, -0.25) is 28.8 Å². The molecule has 15 nitrogen and oxygen atoms in total. The Balaban J connectivity index is 0.995. The Bertz CT molecular complexity index is 4510. The van der Waals surface area contributed by atoms with Crippen molar-refractivity contribution in [3.8, 4) is 84.0 Å². The number of carbonyl (C=O) groups excluding carboxylic acids is 6. The van der Waals surface area contributed by atoms with E-state index in [0.29, 0.717) is 87.5 Å². The van der Waals surface area contributed by atoms with Gasteiger partial charge in [0.15, 0.2) is 0 Å². The van der Waals surface area contributed by atoms with E-state index in [4.69, 9.17) is 14.2 Å². The molecule has 0 radical (unpaired) electrons. The monoisotopic (exact) mass is 1340 g/mol. The number of hydrogen-bond acceptors (Lipinski definition) is 9. The van der Waals surface area contributed by atoms with E-state index >= 15 is 14.4 Å². The molecule has 0 saturated heterocycles. The third-order valence-corrected chi connectivity index (χ3v) is 17.7. The van der Waals surface area contributed by atoms with Gasteiger partial charge < -0.3 is 46.1 Å². The molecule has 3 heterocycles. The summed E-state index contributed by atoms with van der Waals surface area (Å²) in [6.07, 6.45) is 5.32. The lowest BCUT2D eigenvalue weighted by Crippen LogP contribution is -2.45. The van der Waals surface area contributed by atoms with Crippen LogP contribution in [-0.4, -0.2) is 73.4 Å². The number of anilines is 3. The second-order valence-electron chi connectivity index (χ2n) is 25.0. The van der Waals surface area contributed by atoms with Crippen molar-refractivity contribution in [2.24, 2.45) is 0 Å². The van der Waals surface area contributed by atoms with Crippen molar-refractivity contribution in [2.45, 2.75) is 37.4 Å². The van der Waals surface area contributed by atoms with E-state index in [1.807, 2.05) is 182 Å². The molecule has 0 fully saturated rings. The zero-order chi connectivity index (χ0) is 70.5. The first-order valence-electron chi connectivity index (χ1n) is 33.5. The van der Waals surface area contributed by atoms with Crippen molar-refractivity contribution in [3.05, 3.63) is 326 Å². The fraction of sp³-hybridized carbons (Fsp3) is 0.103. The minimum absolute atomic E-state index is 0.116. The van der Waals surface area contributed by atoms with Crippen molar-refractivity contribution < 1.29 is 43.0 Å². The Morgan fingerprint density at radius 3 is 0.725 bits per heavy atom. The molecule has 3 atom stereocenters. The summed E-state index contributed by atoms with van der Waals surface area (Å²) in [5.74, 6) is -1.07. The molecular formula is C87H72N6O9. The van der Waals surface area contributed by atoms with Crippen LogP contribution in [0.5, 0.6) is 17.2 Å². The number of benzene rings is 11.